The van der Waals surface area contributed by atoms with E-state index in [0.29, 0.717) is 0 Å². The zero-order valence-corrected chi connectivity index (χ0v) is 22.3. The molecule has 2 aliphatic rings. The fraction of sp³-hybridized carbons (Fsp3) is 0.517. The number of rotatable bonds is 9. The minimum Gasteiger partial charge on any atom is -0.460 e. The molecule has 2 saturated heterocycles. The molecule has 4 rings (SSSR count). The molecule has 0 unspecified atom stereocenters. The van der Waals surface area contributed by atoms with E-state index in [-0.39, 0.29) is 38.1 Å². The lowest BCUT2D eigenvalue weighted by molar-refractivity contribution is -0.349. The lowest BCUT2D eigenvalue weighted by Crippen LogP contribution is -2.67. The van der Waals surface area contributed by atoms with Crippen molar-refractivity contribution in [2.45, 2.75) is 83.3 Å². The van der Waals surface area contributed by atoms with E-state index < -0.39 is 42.5 Å². The number of amides is 1. The Hall–Kier alpha value is -2.82. The van der Waals surface area contributed by atoms with Crippen molar-refractivity contribution < 1.29 is 38.0 Å². The van der Waals surface area contributed by atoms with E-state index in [1.165, 1.54) is 6.92 Å². The van der Waals surface area contributed by atoms with E-state index in [1.54, 1.807) is 0 Å². The first-order valence-corrected chi connectivity index (χ1v) is 12.9. The lowest BCUT2D eigenvalue weighted by atomic mass is 9.95. The van der Waals surface area contributed by atoms with Crippen molar-refractivity contribution in [3.63, 3.8) is 0 Å². The number of benzene rings is 2. The summed E-state index contributed by atoms with van der Waals surface area (Å²) >= 11 is 0. The number of hydrogen-bond donors (Lipinski definition) is 1. The summed E-state index contributed by atoms with van der Waals surface area (Å²) in [5.41, 5.74) is 1.22. The van der Waals surface area contributed by atoms with Crippen LogP contribution in [0, 0.1) is 0 Å². The summed E-state index contributed by atoms with van der Waals surface area (Å²) in [6.45, 7) is 7.47. The quantitative estimate of drug-likeness (QED) is 0.493. The first-order chi connectivity index (χ1) is 18.2. The van der Waals surface area contributed by atoms with E-state index in [1.807, 2.05) is 81.4 Å². The second-order valence-corrected chi connectivity index (χ2v) is 10.4. The van der Waals surface area contributed by atoms with Crippen molar-refractivity contribution in [3.8, 4) is 0 Å². The van der Waals surface area contributed by atoms with Crippen LogP contribution in [0.2, 0.25) is 0 Å². The molecule has 6 atom stereocenters. The maximum absolute atomic E-state index is 12.3. The van der Waals surface area contributed by atoms with Gasteiger partial charge in [0.25, 0.3) is 0 Å². The Morgan fingerprint density at radius 3 is 2.32 bits per heavy atom. The molecule has 2 aromatic carbocycles. The van der Waals surface area contributed by atoms with Crippen LogP contribution in [0.5, 0.6) is 0 Å². The normalized spacial score (nSPS) is 27.3. The standard InChI is InChI=1S/C29H37NO8/c1-19(31)30-24-26(33-16-15-23(32)38-29(2,3)4)25-22(18-35-27(37-25)21-13-9-6-10-14-21)36-28(24)34-17-20-11-7-5-8-12-20/h5-14,22,24-28H,15-18H2,1-4H3,(H,30,31)/t22-,24+,25-,26+,27+,28-/m1/s1. The van der Waals surface area contributed by atoms with Gasteiger partial charge >= 0.3 is 5.97 Å². The van der Waals surface area contributed by atoms with Gasteiger partial charge in [-0.3, -0.25) is 9.59 Å². The molecule has 2 heterocycles. The Kier molecular flexibility index (Phi) is 9.51. The highest BCUT2D eigenvalue weighted by Crippen LogP contribution is 2.36. The van der Waals surface area contributed by atoms with Crippen molar-refractivity contribution in [1.29, 1.82) is 0 Å². The Labute approximate surface area is 223 Å². The molecule has 2 aromatic rings. The van der Waals surface area contributed by atoms with E-state index >= 15 is 0 Å². The Morgan fingerprint density at radius 2 is 1.66 bits per heavy atom. The molecule has 0 spiro atoms. The van der Waals surface area contributed by atoms with Gasteiger partial charge < -0.3 is 33.7 Å². The smallest absolute Gasteiger partial charge is 0.308 e. The number of carbonyl (C=O) groups excluding carboxylic acids is 2. The van der Waals surface area contributed by atoms with E-state index in [9.17, 15) is 9.59 Å². The van der Waals surface area contributed by atoms with Crippen LogP contribution in [-0.4, -0.2) is 61.3 Å². The molecule has 9 nitrogen and oxygen atoms in total. The van der Waals surface area contributed by atoms with Crippen molar-refractivity contribution in [2.75, 3.05) is 13.2 Å². The van der Waals surface area contributed by atoms with Crippen LogP contribution < -0.4 is 5.32 Å². The average molecular weight is 528 g/mol. The zero-order chi connectivity index (χ0) is 27.1. The molecule has 1 amide bonds. The molecule has 9 heteroatoms. The third kappa shape index (κ3) is 7.85. The molecular weight excluding hydrogens is 490 g/mol. The number of hydrogen-bond acceptors (Lipinski definition) is 8. The number of esters is 1. The summed E-state index contributed by atoms with van der Waals surface area (Å²) in [5.74, 6) is -0.637. The highest BCUT2D eigenvalue weighted by Gasteiger charge is 2.51. The Morgan fingerprint density at radius 1 is 0.974 bits per heavy atom. The molecule has 206 valence electrons. The van der Waals surface area contributed by atoms with Gasteiger partial charge in [-0.1, -0.05) is 60.7 Å². The first kappa shape index (κ1) is 28.2. The highest BCUT2D eigenvalue weighted by atomic mass is 16.7. The largest absolute Gasteiger partial charge is 0.460 e. The minimum absolute atomic E-state index is 0.0486. The minimum atomic E-state index is -0.827. The van der Waals surface area contributed by atoms with Crippen LogP contribution in [0.4, 0.5) is 0 Å². The Balaban J connectivity index is 1.53. The van der Waals surface area contributed by atoms with Crippen LogP contribution in [-0.2, 0) is 44.6 Å². The average Bonchev–Trinajstić information content (AvgIpc) is 2.88. The van der Waals surface area contributed by atoms with Crippen molar-refractivity contribution in [2.24, 2.45) is 0 Å². The molecule has 2 fully saturated rings. The SMILES string of the molecule is CC(=O)N[C@@H]1[C@H](OCc2ccccc2)O[C@@H]2CO[C@H](c3ccccc3)O[C@H]2[C@H]1OCCC(=O)OC(C)(C)C. The number of nitrogens with one attached hydrogen (secondary N) is 1. The van der Waals surface area contributed by atoms with Gasteiger partial charge in [0.2, 0.25) is 5.91 Å². The van der Waals surface area contributed by atoms with Crippen LogP contribution >= 0.6 is 0 Å². The van der Waals surface area contributed by atoms with Gasteiger partial charge in [0, 0.05) is 12.5 Å². The summed E-state index contributed by atoms with van der Waals surface area (Å²) in [6.07, 6.45) is -3.16. The van der Waals surface area contributed by atoms with E-state index in [2.05, 4.69) is 5.32 Å². The third-order valence-electron chi connectivity index (χ3n) is 6.07. The second-order valence-electron chi connectivity index (χ2n) is 10.4. The summed E-state index contributed by atoms with van der Waals surface area (Å²) < 4.78 is 36.4. The summed E-state index contributed by atoms with van der Waals surface area (Å²) in [5, 5.41) is 2.93. The number of carbonyl (C=O) groups is 2. The lowest BCUT2D eigenvalue weighted by Gasteiger charge is -2.49. The zero-order valence-electron chi connectivity index (χ0n) is 22.3. The summed E-state index contributed by atoms with van der Waals surface area (Å²) in [7, 11) is 0. The van der Waals surface area contributed by atoms with Gasteiger partial charge in [-0.25, -0.2) is 0 Å². The molecule has 0 aliphatic carbocycles. The second kappa shape index (κ2) is 12.8. The fourth-order valence-electron chi connectivity index (χ4n) is 4.50. The first-order valence-electron chi connectivity index (χ1n) is 12.9. The molecule has 0 radical (unpaired) electrons. The predicted octanol–water partition coefficient (Wildman–Crippen LogP) is 3.66. The fourth-order valence-corrected chi connectivity index (χ4v) is 4.50. The van der Waals surface area contributed by atoms with Crippen molar-refractivity contribution in [1.82, 2.24) is 5.32 Å². The maximum Gasteiger partial charge on any atom is 0.308 e. The molecule has 0 bridgehead atoms. The van der Waals surface area contributed by atoms with Crippen molar-refractivity contribution in [3.05, 3.63) is 71.8 Å². The number of fused-ring (bicyclic) bond motifs is 1. The topological polar surface area (TPSA) is 102 Å². The van der Waals surface area contributed by atoms with Gasteiger partial charge in [0.05, 0.1) is 26.2 Å². The van der Waals surface area contributed by atoms with Gasteiger partial charge in [0.15, 0.2) is 12.6 Å². The molecular formula is C29H37NO8. The van der Waals surface area contributed by atoms with Gasteiger partial charge in [0.1, 0.15) is 30.0 Å². The molecule has 38 heavy (non-hydrogen) atoms. The van der Waals surface area contributed by atoms with E-state index in [0.717, 1.165) is 11.1 Å². The molecule has 0 saturated carbocycles. The van der Waals surface area contributed by atoms with Crippen LogP contribution in [0.3, 0.4) is 0 Å². The van der Waals surface area contributed by atoms with Gasteiger partial charge in [-0.2, -0.15) is 0 Å². The Bertz CT molecular complexity index is 1040. The summed E-state index contributed by atoms with van der Waals surface area (Å²) in [4.78, 5) is 24.6. The predicted molar refractivity (Wildman–Crippen MR) is 138 cm³/mol. The third-order valence-corrected chi connectivity index (χ3v) is 6.07. The molecule has 1 N–H and O–H groups in total. The van der Waals surface area contributed by atoms with Gasteiger partial charge in [-0.05, 0) is 26.3 Å². The molecule has 2 aliphatic heterocycles. The van der Waals surface area contributed by atoms with E-state index in [4.69, 9.17) is 28.4 Å². The highest BCUT2D eigenvalue weighted by molar-refractivity contribution is 5.73. The van der Waals surface area contributed by atoms with Crippen LogP contribution in [0.15, 0.2) is 60.7 Å². The van der Waals surface area contributed by atoms with Gasteiger partial charge in [-0.15, -0.1) is 0 Å². The van der Waals surface area contributed by atoms with Crippen LogP contribution in [0.25, 0.3) is 0 Å². The monoisotopic (exact) mass is 527 g/mol. The maximum atomic E-state index is 12.3. The number of ether oxygens (including phenoxy) is 6. The molecule has 0 aromatic heterocycles. The van der Waals surface area contributed by atoms with Crippen molar-refractivity contribution >= 4 is 11.9 Å². The summed E-state index contributed by atoms with van der Waals surface area (Å²) in [6, 6.07) is 18.6. The van der Waals surface area contributed by atoms with Crippen LogP contribution in [0.1, 0.15) is 51.5 Å².